The van der Waals surface area contributed by atoms with E-state index in [9.17, 15) is 5.11 Å². The number of H-pyrrole nitrogens is 1. The van der Waals surface area contributed by atoms with Crippen LogP contribution in [0.15, 0.2) is 42.1 Å². The summed E-state index contributed by atoms with van der Waals surface area (Å²) in [5.41, 5.74) is 13.0. The van der Waals surface area contributed by atoms with E-state index in [1.165, 1.54) is 5.56 Å². The highest BCUT2D eigenvalue weighted by atomic mass is 19.0. The first-order valence-electron chi connectivity index (χ1n) is 9.91. The summed E-state index contributed by atoms with van der Waals surface area (Å²) < 4.78 is 1.62. The minimum absolute atomic E-state index is 0. The highest BCUT2D eigenvalue weighted by molar-refractivity contribution is 6.01. The molecule has 0 amide bonds. The summed E-state index contributed by atoms with van der Waals surface area (Å²) in [6.07, 6.45) is 10.4. The normalized spacial score (nSPS) is 14.9. The van der Waals surface area contributed by atoms with Crippen LogP contribution < -0.4 is 5.73 Å². The first-order valence-corrected chi connectivity index (χ1v) is 9.91. The highest BCUT2D eigenvalue weighted by Gasteiger charge is 2.20. The lowest BCUT2D eigenvalue weighted by Crippen LogP contribution is -2.10. The third-order valence-corrected chi connectivity index (χ3v) is 5.16. The number of aromatic nitrogens is 1. The van der Waals surface area contributed by atoms with Crippen molar-refractivity contribution >= 4 is 31.9 Å². The fraction of sp³-hybridized carbons (Fsp3) is 0.292. The van der Waals surface area contributed by atoms with E-state index in [2.05, 4.69) is 38.7 Å². The second kappa shape index (κ2) is 10.4. The number of rotatable bonds is 5. The number of benzene rings is 1. The van der Waals surface area contributed by atoms with E-state index in [1.807, 2.05) is 42.7 Å². The Morgan fingerprint density at radius 3 is 2.48 bits per heavy atom. The maximum absolute atomic E-state index is 10.3. The third-order valence-electron chi connectivity index (χ3n) is 5.16. The Morgan fingerprint density at radius 1 is 1.19 bits per heavy atom. The summed E-state index contributed by atoms with van der Waals surface area (Å²) in [6.45, 7) is 9.10. The molecule has 1 aromatic carbocycles. The summed E-state index contributed by atoms with van der Waals surface area (Å²) >= 11 is 0. The molecule has 4 N–H and O–H groups in total. The number of aryl methyl sites for hydroxylation is 1. The van der Waals surface area contributed by atoms with Crippen LogP contribution in [0.5, 0.6) is 5.75 Å². The Bertz CT molecular complexity index is 1040. The van der Waals surface area contributed by atoms with Crippen molar-refractivity contribution in [3.8, 4) is 5.75 Å². The quantitative estimate of drug-likeness (QED) is 0.612. The number of phenols is 1. The van der Waals surface area contributed by atoms with Crippen molar-refractivity contribution in [2.24, 2.45) is 5.73 Å². The average molecular weight is 426 g/mol. The Labute approximate surface area is 184 Å². The van der Waals surface area contributed by atoms with Crippen molar-refractivity contribution in [1.82, 2.24) is 4.98 Å². The molecule has 2 radical (unpaired) electrons. The van der Waals surface area contributed by atoms with Gasteiger partial charge in [-0.25, -0.2) is 0 Å². The van der Waals surface area contributed by atoms with E-state index in [-0.39, 0.29) is 20.6 Å². The number of hydrogen-bond donors (Lipinski definition) is 3. The van der Waals surface area contributed by atoms with Gasteiger partial charge in [-0.1, -0.05) is 26.8 Å². The number of hydrogen-bond acceptors (Lipinski definition) is 2. The fourth-order valence-corrected chi connectivity index (χ4v) is 3.50. The molecule has 1 aliphatic rings. The van der Waals surface area contributed by atoms with Gasteiger partial charge in [0.25, 0.3) is 0 Å². The lowest BCUT2D eigenvalue weighted by molar-refractivity contribution is -0.294. The number of aromatic hydroxyl groups is 1. The van der Waals surface area contributed by atoms with Gasteiger partial charge in [0.15, 0.2) is 5.70 Å². The molecule has 0 fully saturated rings. The molecule has 1 aromatic heterocycles. The molecule has 7 heteroatoms. The Balaban J connectivity index is 0.00000240. The van der Waals surface area contributed by atoms with E-state index in [0.29, 0.717) is 6.54 Å². The van der Waals surface area contributed by atoms with Crippen LogP contribution in [0.3, 0.4) is 0 Å². The molecule has 0 aliphatic carbocycles. The molecule has 0 atom stereocenters. The van der Waals surface area contributed by atoms with Gasteiger partial charge in [-0.05, 0) is 66.8 Å². The van der Waals surface area contributed by atoms with Crippen molar-refractivity contribution < 1.29 is 19.0 Å². The van der Waals surface area contributed by atoms with Gasteiger partial charge in [0.05, 0.1) is 5.69 Å². The van der Waals surface area contributed by atoms with E-state index >= 15 is 0 Å². The molecule has 0 unspecified atom stereocenters. The van der Waals surface area contributed by atoms with Gasteiger partial charge in [-0.2, -0.15) is 0 Å². The first kappa shape index (κ1) is 26.1. The minimum atomic E-state index is 0. The van der Waals surface area contributed by atoms with Crippen molar-refractivity contribution in [1.29, 1.82) is 0 Å². The van der Waals surface area contributed by atoms with Crippen molar-refractivity contribution in [2.45, 2.75) is 39.5 Å². The molecular weight excluding hydrogens is 395 g/mol. The Kier molecular flexibility index (Phi) is 8.76. The summed E-state index contributed by atoms with van der Waals surface area (Å²) in [4.78, 5) is 3.49. The molecule has 0 bridgehead atoms. The lowest BCUT2D eigenvalue weighted by Gasteiger charge is -2.19. The third kappa shape index (κ3) is 5.82. The number of nitrogens with zero attached hydrogens (tertiary/aromatic N) is 1. The summed E-state index contributed by atoms with van der Waals surface area (Å²) in [5, 5.41) is 10.3. The van der Waals surface area contributed by atoms with Crippen LogP contribution in [0, 0.1) is 6.92 Å². The van der Waals surface area contributed by atoms with Crippen LogP contribution in [0.1, 0.15) is 55.3 Å². The van der Waals surface area contributed by atoms with Crippen molar-refractivity contribution in [3.63, 3.8) is 0 Å². The van der Waals surface area contributed by atoms with E-state index in [0.717, 1.165) is 40.2 Å². The van der Waals surface area contributed by atoms with Crippen LogP contribution in [0.25, 0.3) is 17.7 Å². The van der Waals surface area contributed by atoms with E-state index in [4.69, 9.17) is 13.7 Å². The van der Waals surface area contributed by atoms with Gasteiger partial charge in [-0.3, -0.25) is 13.9 Å². The molecule has 31 heavy (non-hydrogen) atoms. The van der Waals surface area contributed by atoms with Crippen LogP contribution in [0.2, 0.25) is 0 Å². The topological polar surface area (TPSA) is 65.0 Å². The molecule has 3 rings (SSSR count). The van der Waals surface area contributed by atoms with Gasteiger partial charge >= 0.3 is 7.98 Å². The molecular formula is C24H31BF2N3O+. The van der Waals surface area contributed by atoms with E-state index < -0.39 is 0 Å². The number of nitrogens with two attached hydrogens (primary N) is 1. The first-order chi connectivity index (χ1) is 13.7. The van der Waals surface area contributed by atoms with Gasteiger partial charge in [0, 0.05) is 29.0 Å². The summed E-state index contributed by atoms with van der Waals surface area (Å²) in [5.74, 6) is 0.272. The predicted octanol–water partition coefficient (Wildman–Crippen LogP) is 4.60. The smallest absolute Gasteiger partial charge is 0.507 e. The van der Waals surface area contributed by atoms with Crippen LogP contribution >= 0.6 is 0 Å². The number of phenolic OH excluding ortho intramolecular Hbond substituents is 1. The summed E-state index contributed by atoms with van der Waals surface area (Å²) in [6, 6.07) is 7.86. The van der Waals surface area contributed by atoms with Crippen LogP contribution in [-0.4, -0.2) is 35.3 Å². The van der Waals surface area contributed by atoms with Crippen molar-refractivity contribution in [3.05, 3.63) is 70.2 Å². The zero-order valence-corrected chi connectivity index (χ0v) is 18.5. The number of allylic oxidation sites excluding steroid dienone is 2. The molecule has 0 spiro atoms. The average Bonchev–Trinajstić information content (AvgIpc) is 3.23. The molecule has 2 aromatic rings. The number of aromatic amines is 1. The van der Waals surface area contributed by atoms with Gasteiger partial charge in [0.2, 0.25) is 0 Å². The zero-order chi connectivity index (χ0) is 21.2. The lowest BCUT2D eigenvalue weighted by atomic mass is 9.86. The number of halogens is 2. The maximum atomic E-state index is 10.3. The predicted molar refractivity (Wildman–Crippen MR) is 128 cm³/mol. The SMILES string of the molecule is F.F.[B][N+]1=CC=CC1=C(CCN)c1[nH]c(/C=C/c2cc(C(C)(C)C)ccc2O)cc1C. The van der Waals surface area contributed by atoms with Gasteiger partial charge in [0.1, 0.15) is 12.0 Å². The maximum Gasteiger partial charge on any atom is 0.586 e. The molecule has 0 saturated heterocycles. The highest BCUT2D eigenvalue weighted by Crippen LogP contribution is 2.30. The standard InChI is InChI=1S/C24H29BN3O.2FH/c1-16-14-19(9-7-17-15-18(24(2,3)4)8-10-22(17)29)27-23(16)20(11-12-26)21-6-5-13-28(21)25;;/h5-10,13-15,27,29H,11-12,26H2,1-4H3;2*1H/q+1;;/b9-7+;;. The van der Waals surface area contributed by atoms with Gasteiger partial charge in [-0.15, -0.1) is 0 Å². The van der Waals surface area contributed by atoms with Crippen LogP contribution in [-0.2, 0) is 5.41 Å². The number of nitrogens with one attached hydrogen (secondary N) is 1. The fourth-order valence-electron chi connectivity index (χ4n) is 3.50. The molecule has 1 aliphatic heterocycles. The second-order valence-corrected chi connectivity index (χ2v) is 8.46. The summed E-state index contributed by atoms with van der Waals surface area (Å²) in [7, 11) is 6.07. The Morgan fingerprint density at radius 2 is 1.90 bits per heavy atom. The monoisotopic (exact) mass is 426 g/mol. The second-order valence-electron chi connectivity index (χ2n) is 8.46. The largest absolute Gasteiger partial charge is 0.586 e. The zero-order valence-electron chi connectivity index (χ0n) is 18.5. The Hall–Kier alpha value is -2.93. The molecule has 164 valence electrons. The van der Waals surface area contributed by atoms with E-state index in [1.54, 1.807) is 10.6 Å². The molecule has 0 saturated carbocycles. The molecule has 4 nitrogen and oxygen atoms in total. The minimum Gasteiger partial charge on any atom is -0.507 e. The molecule has 2 heterocycles. The van der Waals surface area contributed by atoms with Crippen LogP contribution in [0.4, 0.5) is 9.41 Å². The van der Waals surface area contributed by atoms with Crippen molar-refractivity contribution in [2.75, 3.05) is 6.54 Å². The van der Waals surface area contributed by atoms with Gasteiger partial charge < -0.3 is 15.8 Å².